The third-order valence-electron chi connectivity index (χ3n) is 6.16. The summed E-state index contributed by atoms with van der Waals surface area (Å²) in [6.45, 7) is 4.43. The van der Waals surface area contributed by atoms with Gasteiger partial charge in [0.25, 0.3) is 5.69 Å². The maximum Gasteiger partial charge on any atom is 0.408 e. The van der Waals surface area contributed by atoms with Gasteiger partial charge in [-0.05, 0) is 51.3 Å². The van der Waals surface area contributed by atoms with Crippen LogP contribution in [-0.2, 0) is 25.5 Å². The molecular weight excluding hydrogens is 536 g/mol. The Kier molecular flexibility index (Phi) is 10.4. The second-order valence-corrected chi connectivity index (χ2v) is 10.5. The van der Waals surface area contributed by atoms with Gasteiger partial charge >= 0.3 is 12.1 Å². The predicted octanol–water partition coefficient (Wildman–Crippen LogP) is 2.10. The number of amides is 3. The van der Waals surface area contributed by atoms with Gasteiger partial charge in [-0.15, -0.1) is 0 Å². The molecule has 13 heteroatoms. The molecule has 1 saturated heterocycles. The topological polar surface area (TPSA) is 177 Å². The molecular formula is C28H34N4O9. The van der Waals surface area contributed by atoms with Crippen LogP contribution in [0.2, 0.25) is 0 Å². The standard InChI is InChI=1S/C28H34N4O9/c1-28(2,3)41-27(37)30-22(17-33)24(34)29-21(16-18-8-5-4-6-9-18)25(35)31-15-7-10-23(31)26(36)40-20-13-11-19(12-14-20)32(38)39/h4-6,8-9,11-14,21-23,33H,7,10,15-17H2,1-3H3,(H,29,34)(H,30,37)/t21-,22-,23-/m0/s1. The van der Waals surface area contributed by atoms with Crippen molar-refractivity contribution in [2.75, 3.05) is 13.2 Å². The highest BCUT2D eigenvalue weighted by Gasteiger charge is 2.39. The number of aliphatic hydroxyl groups excluding tert-OH is 1. The van der Waals surface area contributed by atoms with Crippen LogP contribution in [0.3, 0.4) is 0 Å². The molecule has 0 radical (unpaired) electrons. The third kappa shape index (κ3) is 9.00. The first-order chi connectivity index (χ1) is 19.4. The number of nitrogens with zero attached hydrogens (tertiary/aromatic N) is 2. The van der Waals surface area contributed by atoms with Crippen molar-refractivity contribution in [1.82, 2.24) is 15.5 Å². The maximum absolute atomic E-state index is 13.7. The summed E-state index contributed by atoms with van der Waals surface area (Å²) in [5.74, 6) is -1.97. The Labute approximate surface area is 237 Å². The van der Waals surface area contributed by atoms with Crippen molar-refractivity contribution < 1.29 is 38.7 Å². The summed E-state index contributed by atoms with van der Waals surface area (Å²) >= 11 is 0. The number of carbonyl (C=O) groups is 4. The highest BCUT2D eigenvalue weighted by Crippen LogP contribution is 2.23. The minimum Gasteiger partial charge on any atom is -0.444 e. The van der Waals surface area contributed by atoms with Crippen molar-refractivity contribution >= 4 is 29.6 Å². The Morgan fingerprint density at radius 2 is 1.71 bits per heavy atom. The quantitative estimate of drug-likeness (QED) is 0.167. The average Bonchev–Trinajstić information content (AvgIpc) is 3.41. The Morgan fingerprint density at radius 3 is 2.29 bits per heavy atom. The lowest BCUT2D eigenvalue weighted by Crippen LogP contribution is -2.57. The van der Waals surface area contributed by atoms with E-state index in [1.165, 1.54) is 29.2 Å². The van der Waals surface area contributed by atoms with Crippen molar-refractivity contribution in [2.24, 2.45) is 0 Å². The molecule has 2 aromatic carbocycles. The molecule has 220 valence electrons. The number of hydrogen-bond acceptors (Lipinski definition) is 9. The van der Waals surface area contributed by atoms with Crippen LogP contribution in [0.1, 0.15) is 39.2 Å². The van der Waals surface area contributed by atoms with Crippen molar-refractivity contribution in [1.29, 1.82) is 0 Å². The van der Waals surface area contributed by atoms with Crippen molar-refractivity contribution in [3.8, 4) is 5.75 Å². The van der Waals surface area contributed by atoms with E-state index in [2.05, 4.69) is 10.6 Å². The van der Waals surface area contributed by atoms with Crippen LogP contribution in [0.15, 0.2) is 54.6 Å². The number of nitrogens with one attached hydrogen (secondary N) is 2. The van der Waals surface area contributed by atoms with Crippen LogP contribution in [0, 0.1) is 10.1 Å². The van der Waals surface area contributed by atoms with Crippen LogP contribution in [0.5, 0.6) is 5.75 Å². The number of likely N-dealkylation sites (tertiary alicyclic amines) is 1. The molecule has 1 fully saturated rings. The highest BCUT2D eigenvalue weighted by molar-refractivity contribution is 5.94. The van der Waals surface area contributed by atoms with Crippen molar-refractivity contribution in [3.63, 3.8) is 0 Å². The van der Waals surface area contributed by atoms with Gasteiger partial charge in [-0.25, -0.2) is 9.59 Å². The van der Waals surface area contributed by atoms with E-state index in [0.29, 0.717) is 12.8 Å². The molecule has 1 aliphatic heterocycles. The van der Waals surface area contributed by atoms with Gasteiger partial charge in [0.1, 0.15) is 29.5 Å². The number of benzene rings is 2. The van der Waals surface area contributed by atoms with Gasteiger partial charge in [-0.1, -0.05) is 30.3 Å². The van der Waals surface area contributed by atoms with Gasteiger partial charge in [0.05, 0.1) is 11.5 Å². The summed E-state index contributed by atoms with van der Waals surface area (Å²) in [5, 5.41) is 25.6. The molecule has 41 heavy (non-hydrogen) atoms. The summed E-state index contributed by atoms with van der Waals surface area (Å²) in [6.07, 6.45) is 0.00267. The SMILES string of the molecule is CC(C)(C)OC(=O)N[C@@H](CO)C(=O)N[C@@H](Cc1ccccc1)C(=O)N1CCC[C@H]1C(=O)Oc1ccc([N+](=O)[O-])cc1. The van der Waals surface area contributed by atoms with Crippen molar-refractivity contribution in [3.05, 3.63) is 70.3 Å². The molecule has 13 nitrogen and oxygen atoms in total. The molecule has 0 saturated carbocycles. The van der Waals surface area contributed by atoms with E-state index >= 15 is 0 Å². The zero-order valence-corrected chi connectivity index (χ0v) is 23.1. The number of ether oxygens (including phenoxy) is 2. The fourth-order valence-electron chi connectivity index (χ4n) is 4.26. The monoisotopic (exact) mass is 570 g/mol. The highest BCUT2D eigenvalue weighted by atomic mass is 16.6. The van der Waals surface area contributed by atoms with Gasteiger partial charge in [0.15, 0.2) is 0 Å². The number of aliphatic hydroxyl groups is 1. The molecule has 0 aliphatic carbocycles. The number of alkyl carbamates (subject to hydrolysis) is 1. The lowest BCUT2D eigenvalue weighted by molar-refractivity contribution is -0.384. The molecule has 1 aliphatic rings. The molecule has 3 rings (SSSR count). The van der Waals surface area contributed by atoms with Crippen LogP contribution < -0.4 is 15.4 Å². The third-order valence-corrected chi connectivity index (χ3v) is 6.16. The number of carbonyl (C=O) groups excluding carboxylic acids is 4. The van der Waals surface area contributed by atoms with Crippen LogP contribution in [0.4, 0.5) is 10.5 Å². The number of nitro groups is 1. The fourth-order valence-corrected chi connectivity index (χ4v) is 4.26. The molecule has 1 heterocycles. The lowest BCUT2D eigenvalue weighted by atomic mass is 10.0. The second kappa shape index (κ2) is 13.7. The Bertz CT molecular complexity index is 1250. The summed E-state index contributed by atoms with van der Waals surface area (Å²) in [4.78, 5) is 63.7. The zero-order valence-electron chi connectivity index (χ0n) is 23.1. The average molecular weight is 571 g/mol. The van der Waals surface area contributed by atoms with E-state index < -0.39 is 59.1 Å². The molecule has 0 spiro atoms. The number of hydrogen-bond donors (Lipinski definition) is 3. The van der Waals surface area contributed by atoms with Crippen LogP contribution in [0.25, 0.3) is 0 Å². The number of esters is 1. The van der Waals surface area contributed by atoms with E-state index in [-0.39, 0.29) is 24.4 Å². The van der Waals surface area contributed by atoms with Gasteiger partial charge < -0.3 is 30.1 Å². The van der Waals surface area contributed by atoms with E-state index in [1.807, 2.05) is 0 Å². The molecule has 0 aromatic heterocycles. The Morgan fingerprint density at radius 1 is 1.05 bits per heavy atom. The Hall–Kier alpha value is -4.52. The molecule has 3 N–H and O–H groups in total. The van der Waals surface area contributed by atoms with E-state index in [0.717, 1.165) is 5.56 Å². The minimum absolute atomic E-state index is 0.0800. The van der Waals surface area contributed by atoms with Crippen LogP contribution in [-0.4, -0.2) is 75.7 Å². The Balaban J connectivity index is 1.76. The summed E-state index contributed by atoms with van der Waals surface area (Å²) in [6, 6.07) is 10.4. The molecule has 0 bridgehead atoms. The van der Waals surface area contributed by atoms with Gasteiger partial charge in [0.2, 0.25) is 11.8 Å². The lowest BCUT2D eigenvalue weighted by Gasteiger charge is -2.29. The molecule has 3 atom stereocenters. The molecule has 0 unspecified atom stereocenters. The second-order valence-electron chi connectivity index (χ2n) is 10.5. The summed E-state index contributed by atoms with van der Waals surface area (Å²) in [7, 11) is 0. The molecule has 2 aromatic rings. The number of nitro benzene ring substituents is 1. The number of non-ortho nitro benzene ring substituents is 1. The molecule has 3 amide bonds. The van der Waals surface area contributed by atoms with Gasteiger partial charge in [0, 0.05) is 25.1 Å². The maximum atomic E-state index is 13.7. The first-order valence-corrected chi connectivity index (χ1v) is 13.1. The predicted molar refractivity (Wildman–Crippen MR) is 146 cm³/mol. The minimum atomic E-state index is -1.39. The first-order valence-electron chi connectivity index (χ1n) is 13.1. The normalized spacial score (nSPS) is 16.3. The van der Waals surface area contributed by atoms with Crippen molar-refractivity contribution in [2.45, 2.75) is 63.8 Å². The fraction of sp³-hybridized carbons (Fsp3) is 0.429. The van der Waals surface area contributed by atoms with Crippen LogP contribution >= 0.6 is 0 Å². The summed E-state index contributed by atoms with van der Waals surface area (Å²) < 4.78 is 10.6. The zero-order chi connectivity index (χ0) is 30.2. The smallest absolute Gasteiger partial charge is 0.408 e. The van der Waals surface area contributed by atoms with E-state index in [9.17, 15) is 34.4 Å². The number of rotatable bonds is 10. The summed E-state index contributed by atoms with van der Waals surface area (Å²) in [5.41, 5.74) is -0.263. The van der Waals surface area contributed by atoms with Gasteiger partial charge in [-0.2, -0.15) is 0 Å². The largest absolute Gasteiger partial charge is 0.444 e. The van der Waals surface area contributed by atoms with E-state index in [1.54, 1.807) is 51.1 Å². The van der Waals surface area contributed by atoms with Gasteiger partial charge in [-0.3, -0.25) is 19.7 Å². The van der Waals surface area contributed by atoms with E-state index in [4.69, 9.17) is 9.47 Å². The first kappa shape index (κ1) is 31.0.